The molecule has 3 N–H and O–H groups in total. The van der Waals surface area contributed by atoms with Crippen LogP contribution in [0.5, 0.6) is 0 Å². The maximum Gasteiger partial charge on any atom is 0.250 e. The lowest BCUT2D eigenvalue weighted by atomic mass is 10.2. The van der Waals surface area contributed by atoms with E-state index in [9.17, 15) is 4.79 Å². The maximum absolute atomic E-state index is 11.0. The molecule has 94 valence electrons. The Hall–Kier alpha value is -2.08. The van der Waals surface area contributed by atoms with Crippen molar-refractivity contribution in [3.63, 3.8) is 0 Å². The molecule has 2 aromatic rings. The molecule has 6 nitrogen and oxygen atoms in total. The molecule has 0 aliphatic rings. The maximum atomic E-state index is 11.0. The molecular weight excluding hydrogens is 254 g/mol. The molecule has 1 amide bonds. The molecule has 0 unspecified atom stereocenters. The highest BCUT2D eigenvalue weighted by atomic mass is 35.5. The van der Waals surface area contributed by atoms with Gasteiger partial charge in [-0.25, -0.2) is 0 Å². The first-order valence-corrected chi connectivity index (χ1v) is 5.62. The van der Waals surface area contributed by atoms with Gasteiger partial charge in [-0.3, -0.25) is 9.48 Å². The Kier molecular flexibility index (Phi) is 3.47. The average Bonchev–Trinajstić information content (AvgIpc) is 2.72. The van der Waals surface area contributed by atoms with Gasteiger partial charge < -0.3 is 11.1 Å². The molecule has 0 saturated carbocycles. The monoisotopic (exact) mass is 265 g/mol. The zero-order valence-corrected chi connectivity index (χ0v) is 10.5. The summed E-state index contributed by atoms with van der Waals surface area (Å²) in [6, 6.07) is 5.00. The van der Waals surface area contributed by atoms with Crippen LogP contribution in [0, 0.1) is 0 Å². The van der Waals surface area contributed by atoms with Crippen molar-refractivity contribution in [3.8, 4) is 0 Å². The molecule has 0 saturated heterocycles. The standard InChI is InChI=1S/C11H12ClN5O/c1-17-8(6-15-16-17)5-14-7-2-3-9(11(13)18)10(12)4-7/h2-4,6,14H,5H2,1H3,(H2,13,18). The molecule has 0 radical (unpaired) electrons. The lowest BCUT2D eigenvalue weighted by Gasteiger charge is -2.07. The number of rotatable bonds is 4. The highest BCUT2D eigenvalue weighted by Crippen LogP contribution is 2.20. The molecule has 0 bridgehead atoms. The fourth-order valence-corrected chi connectivity index (χ4v) is 1.76. The number of aromatic nitrogens is 3. The Labute approximate surface area is 109 Å². The van der Waals surface area contributed by atoms with Crippen molar-refractivity contribution >= 4 is 23.2 Å². The summed E-state index contributed by atoms with van der Waals surface area (Å²) in [5.74, 6) is -0.539. The van der Waals surface area contributed by atoms with E-state index >= 15 is 0 Å². The summed E-state index contributed by atoms with van der Waals surface area (Å²) in [4.78, 5) is 11.0. The van der Waals surface area contributed by atoms with E-state index in [1.54, 1.807) is 29.1 Å². The van der Waals surface area contributed by atoms with Crippen molar-refractivity contribution in [1.82, 2.24) is 15.0 Å². The minimum atomic E-state index is -0.539. The van der Waals surface area contributed by atoms with Crippen molar-refractivity contribution in [2.75, 3.05) is 5.32 Å². The molecule has 0 aliphatic carbocycles. The largest absolute Gasteiger partial charge is 0.379 e. The fraction of sp³-hybridized carbons (Fsp3) is 0.182. The molecule has 1 aromatic carbocycles. The number of carbonyl (C=O) groups is 1. The third kappa shape index (κ3) is 2.60. The van der Waals surface area contributed by atoms with Crippen LogP contribution in [0.25, 0.3) is 0 Å². The first kappa shape index (κ1) is 12.4. The Bertz CT molecular complexity index is 581. The highest BCUT2D eigenvalue weighted by Gasteiger charge is 2.07. The van der Waals surface area contributed by atoms with Gasteiger partial charge in [-0.1, -0.05) is 16.8 Å². The topological polar surface area (TPSA) is 85.8 Å². The average molecular weight is 266 g/mol. The van der Waals surface area contributed by atoms with E-state index < -0.39 is 5.91 Å². The predicted molar refractivity (Wildman–Crippen MR) is 68.3 cm³/mol. The van der Waals surface area contributed by atoms with E-state index in [-0.39, 0.29) is 0 Å². The lowest BCUT2D eigenvalue weighted by Crippen LogP contribution is -2.12. The van der Waals surface area contributed by atoms with Crippen molar-refractivity contribution in [3.05, 3.63) is 40.7 Å². The molecule has 18 heavy (non-hydrogen) atoms. The summed E-state index contributed by atoms with van der Waals surface area (Å²) >= 11 is 5.95. The zero-order chi connectivity index (χ0) is 13.1. The zero-order valence-electron chi connectivity index (χ0n) is 9.72. The normalized spacial score (nSPS) is 10.3. The third-order valence-corrected chi connectivity index (χ3v) is 2.83. The van der Waals surface area contributed by atoms with Gasteiger partial charge in [-0.2, -0.15) is 0 Å². The van der Waals surface area contributed by atoms with Crippen molar-refractivity contribution in [2.45, 2.75) is 6.54 Å². The van der Waals surface area contributed by atoms with E-state index in [1.807, 2.05) is 7.05 Å². The summed E-state index contributed by atoms with van der Waals surface area (Å²) in [5.41, 5.74) is 7.21. The van der Waals surface area contributed by atoms with Gasteiger partial charge in [0, 0.05) is 12.7 Å². The Balaban J connectivity index is 2.09. The van der Waals surface area contributed by atoms with Crippen LogP contribution >= 0.6 is 11.6 Å². The smallest absolute Gasteiger partial charge is 0.250 e. The molecule has 0 aliphatic heterocycles. The van der Waals surface area contributed by atoms with Gasteiger partial charge in [0.05, 0.1) is 29.0 Å². The Morgan fingerprint density at radius 2 is 2.33 bits per heavy atom. The third-order valence-electron chi connectivity index (χ3n) is 2.52. The second-order valence-electron chi connectivity index (χ2n) is 3.76. The first-order chi connectivity index (χ1) is 8.58. The number of hydrogen-bond acceptors (Lipinski definition) is 4. The van der Waals surface area contributed by atoms with Crippen molar-refractivity contribution < 1.29 is 4.79 Å². The van der Waals surface area contributed by atoms with Gasteiger partial charge in [0.1, 0.15) is 0 Å². The molecule has 1 aromatic heterocycles. The predicted octanol–water partition coefficient (Wildman–Crippen LogP) is 1.18. The number of carbonyl (C=O) groups excluding carboxylic acids is 1. The molecule has 1 heterocycles. The molecule has 0 atom stereocenters. The van der Waals surface area contributed by atoms with Crippen molar-refractivity contribution in [2.24, 2.45) is 12.8 Å². The van der Waals surface area contributed by atoms with E-state index in [2.05, 4.69) is 15.6 Å². The van der Waals surface area contributed by atoms with E-state index in [4.69, 9.17) is 17.3 Å². The number of nitrogens with zero attached hydrogens (tertiary/aromatic N) is 3. The number of amides is 1. The van der Waals surface area contributed by atoms with Gasteiger partial charge in [0.2, 0.25) is 5.91 Å². The molecule has 7 heteroatoms. The number of benzene rings is 1. The van der Waals surface area contributed by atoms with E-state index in [0.29, 0.717) is 17.1 Å². The first-order valence-electron chi connectivity index (χ1n) is 5.24. The van der Waals surface area contributed by atoms with E-state index in [1.165, 1.54) is 0 Å². The number of anilines is 1. The number of nitrogens with one attached hydrogen (secondary N) is 1. The van der Waals surface area contributed by atoms with Crippen LogP contribution in [0.1, 0.15) is 16.1 Å². The number of aryl methyl sites for hydroxylation is 1. The summed E-state index contributed by atoms with van der Waals surface area (Å²) in [6.07, 6.45) is 1.67. The number of primary amides is 1. The van der Waals surface area contributed by atoms with Crippen LogP contribution in [0.4, 0.5) is 5.69 Å². The lowest BCUT2D eigenvalue weighted by molar-refractivity contribution is 0.100. The van der Waals surface area contributed by atoms with Gasteiger partial charge in [0.25, 0.3) is 0 Å². The number of halogens is 1. The highest BCUT2D eigenvalue weighted by molar-refractivity contribution is 6.34. The van der Waals surface area contributed by atoms with Gasteiger partial charge in [0.15, 0.2) is 0 Å². The summed E-state index contributed by atoms with van der Waals surface area (Å²) in [5, 5.41) is 11.1. The Morgan fingerprint density at radius 3 is 2.89 bits per heavy atom. The SMILES string of the molecule is Cn1nncc1CNc1ccc(C(N)=O)c(Cl)c1. The summed E-state index contributed by atoms with van der Waals surface area (Å²) < 4.78 is 1.67. The van der Waals surface area contributed by atoms with Gasteiger partial charge in [-0.15, -0.1) is 5.10 Å². The van der Waals surface area contributed by atoms with Gasteiger partial charge in [-0.05, 0) is 18.2 Å². The second kappa shape index (κ2) is 5.05. The second-order valence-corrected chi connectivity index (χ2v) is 4.17. The minimum absolute atomic E-state index is 0.310. The van der Waals surface area contributed by atoms with Crippen LogP contribution in [-0.2, 0) is 13.6 Å². The quantitative estimate of drug-likeness (QED) is 0.869. The summed E-state index contributed by atoms with van der Waals surface area (Å²) in [6.45, 7) is 0.565. The van der Waals surface area contributed by atoms with E-state index in [0.717, 1.165) is 11.4 Å². The molecule has 0 fully saturated rings. The van der Waals surface area contributed by atoms with Crippen LogP contribution in [0.2, 0.25) is 5.02 Å². The van der Waals surface area contributed by atoms with Crippen LogP contribution in [0.3, 0.4) is 0 Å². The van der Waals surface area contributed by atoms with Crippen LogP contribution in [-0.4, -0.2) is 20.9 Å². The minimum Gasteiger partial charge on any atom is -0.379 e. The fourth-order valence-electron chi connectivity index (χ4n) is 1.49. The van der Waals surface area contributed by atoms with Crippen LogP contribution in [0.15, 0.2) is 24.4 Å². The number of nitrogens with two attached hydrogens (primary N) is 1. The molecular formula is C11H12ClN5O. The molecule has 0 spiro atoms. The number of hydrogen-bond donors (Lipinski definition) is 2. The van der Waals surface area contributed by atoms with Crippen LogP contribution < -0.4 is 11.1 Å². The van der Waals surface area contributed by atoms with Crippen molar-refractivity contribution in [1.29, 1.82) is 0 Å². The summed E-state index contributed by atoms with van der Waals surface area (Å²) in [7, 11) is 1.81. The van der Waals surface area contributed by atoms with Gasteiger partial charge >= 0.3 is 0 Å². The Morgan fingerprint density at radius 1 is 1.56 bits per heavy atom. The molecule has 2 rings (SSSR count).